The van der Waals surface area contributed by atoms with E-state index < -0.39 is 11.8 Å². The zero-order valence-corrected chi connectivity index (χ0v) is 8.74. The van der Waals surface area contributed by atoms with Crippen LogP contribution in [0.5, 0.6) is 0 Å². The highest BCUT2D eigenvalue weighted by Crippen LogP contribution is 2.35. The second-order valence-electron chi connectivity index (χ2n) is 4.37. The lowest BCUT2D eigenvalue weighted by Gasteiger charge is -2.31. The van der Waals surface area contributed by atoms with E-state index in [1.807, 2.05) is 5.43 Å². The SMILES string of the molecule is NNC(=O)C(=O)N1CCC2CCCCC21. The summed E-state index contributed by atoms with van der Waals surface area (Å²) in [6, 6.07) is 0.281. The van der Waals surface area contributed by atoms with Crippen molar-refractivity contribution < 1.29 is 9.59 Å². The Bertz CT molecular complexity index is 280. The quantitative estimate of drug-likeness (QED) is 0.251. The summed E-state index contributed by atoms with van der Waals surface area (Å²) in [5.41, 5.74) is 1.91. The van der Waals surface area contributed by atoms with Crippen molar-refractivity contribution in [3.05, 3.63) is 0 Å². The van der Waals surface area contributed by atoms with Crippen molar-refractivity contribution in [1.29, 1.82) is 0 Å². The Hall–Kier alpha value is -1.10. The second-order valence-corrected chi connectivity index (χ2v) is 4.37. The average Bonchev–Trinajstić information content (AvgIpc) is 2.70. The van der Waals surface area contributed by atoms with E-state index in [0.29, 0.717) is 12.5 Å². The predicted molar refractivity (Wildman–Crippen MR) is 54.4 cm³/mol. The van der Waals surface area contributed by atoms with Crippen molar-refractivity contribution in [2.75, 3.05) is 6.54 Å². The molecule has 84 valence electrons. The van der Waals surface area contributed by atoms with E-state index in [0.717, 1.165) is 19.3 Å². The molecule has 5 heteroatoms. The van der Waals surface area contributed by atoms with E-state index in [1.165, 1.54) is 12.8 Å². The van der Waals surface area contributed by atoms with E-state index in [2.05, 4.69) is 0 Å². The molecule has 0 aromatic carbocycles. The molecule has 1 heterocycles. The van der Waals surface area contributed by atoms with Gasteiger partial charge in [0.2, 0.25) is 0 Å². The second kappa shape index (κ2) is 4.18. The molecule has 0 radical (unpaired) electrons. The number of carbonyl (C=O) groups excluding carboxylic acids is 2. The van der Waals surface area contributed by atoms with E-state index in [4.69, 9.17) is 5.84 Å². The van der Waals surface area contributed by atoms with E-state index in [1.54, 1.807) is 4.90 Å². The minimum absolute atomic E-state index is 0.281. The average molecular weight is 211 g/mol. The molecular formula is C10H17N3O2. The zero-order valence-electron chi connectivity index (χ0n) is 8.74. The Morgan fingerprint density at radius 3 is 2.67 bits per heavy atom. The van der Waals surface area contributed by atoms with Gasteiger partial charge in [-0.1, -0.05) is 12.8 Å². The minimum atomic E-state index is -0.693. The minimum Gasteiger partial charge on any atom is -0.331 e. The van der Waals surface area contributed by atoms with Crippen LogP contribution in [-0.2, 0) is 9.59 Å². The Labute approximate surface area is 89.0 Å². The van der Waals surface area contributed by atoms with Gasteiger partial charge in [-0.05, 0) is 25.2 Å². The number of likely N-dealkylation sites (tertiary alicyclic amines) is 1. The Kier molecular flexibility index (Phi) is 2.90. The number of fused-ring (bicyclic) bond motifs is 1. The van der Waals surface area contributed by atoms with Gasteiger partial charge in [-0.25, -0.2) is 5.84 Å². The number of nitrogens with one attached hydrogen (secondary N) is 1. The fraction of sp³-hybridized carbons (Fsp3) is 0.800. The fourth-order valence-corrected chi connectivity index (χ4v) is 2.85. The highest BCUT2D eigenvalue weighted by atomic mass is 16.2. The smallest absolute Gasteiger partial charge is 0.323 e. The van der Waals surface area contributed by atoms with Crippen molar-refractivity contribution in [1.82, 2.24) is 10.3 Å². The molecule has 1 aliphatic carbocycles. The fourth-order valence-electron chi connectivity index (χ4n) is 2.85. The predicted octanol–water partition coefficient (Wildman–Crippen LogP) is -0.233. The van der Waals surface area contributed by atoms with Gasteiger partial charge >= 0.3 is 11.8 Å². The van der Waals surface area contributed by atoms with Crippen LogP contribution in [0.25, 0.3) is 0 Å². The molecule has 5 nitrogen and oxygen atoms in total. The van der Waals surface area contributed by atoms with Crippen molar-refractivity contribution in [2.24, 2.45) is 11.8 Å². The first-order chi connectivity index (χ1) is 7.24. The maximum atomic E-state index is 11.7. The molecule has 0 spiro atoms. The number of amides is 2. The summed E-state index contributed by atoms with van der Waals surface area (Å²) in [6.07, 6.45) is 5.68. The molecule has 2 fully saturated rings. The van der Waals surface area contributed by atoms with Crippen LogP contribution in [0.2, 0.25) is 0 Å². The van der Waals surface area contributed by atoms with Crippen LogP contribution in [0, 0.1) is 5.92 Å². The molecule has 1 saturated carbocycles. The lowest BCUT2D eigenvalue weighted by molar-refractivity contribution is -0.146. The molecule has 0 aromatic rings. The molecule has 2 amide bonds. The lowest BCUT2D eigenvalue weighted by atomic mass is 9.85. The van der Waals surface area contributed by atoms with Gasteiger partial charge in [0.05, 0.1) is 0 Å². The summed E-state index contributed by atoms with van der Waals surface area (Å²) in [6.45, 7) is 0.710. The summed E-state index contributed by atoms with van der Waals surface area (Å²) < 4.78 is 0. The monoisotopic (exact) mass is 211 g/mol. The highest BCUT2D eigenvalue weighted by molar-refractivity contribution is 6.34. The molecule has 2 rings (SSSR count). The molecule has 3 N–H and O–H groups in total. The number of carbonyl (C=O) groups is 2. The van der Waals surface area contributed by atoms with E-state index in [9.17, 15) is 9.59 Å². The summed E-state index contributed by atoms with van der Waals surface area (Å²) in [4.78, 5) is 24.5. The number of hydrogen-bond acceptors (Lipinski definition) is 3. The Morgan fingerprint density at radius 2 is 1.93 bits per heavy atom. The molecular weight excluding hydrogens is 194 g/mol. The highest BCUT2D eigenvalue weighted by Gasteiger charge is 2.39. The molecule has 2 unspecified atom stereocenters. The topological polar surface area (TPSA) is 75.4 Å². The Balaban J connectivity index is 2.04. The molecule has 0 bridgehead atoms. The van der Waals surface area contributed by atoms with Crippen LogP contribution in [0.3, 0.4) is 0 Å². The summed E-state index contributed by atoms with van der Waals surface area (Å²) in [7, 11) is 0. The number of nitrogens with zero attached hydrogens (tertiary/aromatic N) is 1. The van der Waals surface area contributed by atoms with Gasteiger partial charge in [0.25, 0.3) is 0 Å². The summed E-state index contributed by atoms with van der Waals surface area (Å²) in [5.74, 6) is 4.41. The van der Waals surface area contributed by atoms with Crippen LogP contribution in [0.4, 0.5) is 0 Å². The van der Waals surface area contributed by atoms with Crippen molar-refractivity contribution in [3.8, 4) is 0 Å². The third-order valence-corrected chi connectivity index (χ3v) is 3.60. The van der Waals surface area contributed by atoms with E-state index >= 15 is 0 Å². The van der Waals surface area contributed by atoms with Crippen LogP contribution >= 0.6 is 0 Å². The van der Waals surface area contributed by atoms with Gasteiger partial charge < -0.3 is 4.90 Å². The van der Waals surface area contributed by atoms with Gasteiger partial charge in [0.15, 0.2) is 0 Å². The molecule has 1 aliphatic heterocycles. The van der Waals surface area contributed by atoms with Crippen LogP contribution in [-0.4, -0.2) is 29.3 Å². The normalized spacial score (nSPS) is 29.8. The summed E-state index contributed by atoms with van der Waals surface area (Å²) in [5, 5.41) is 0. The van der Waals surface area contributed by atoms with Crippen molar-refractivity contribution in [3.63, 3.8) is 0 Å². The van der Waals surface area contributed by atoms with Gasteiger partial charge in [-0.3, -0.25) is 15.0 Å². The van der Waals surface area contributed by atoms with Crippen LogP contribution in [0.15, 0.2) is 0 Å². The van der Waals surface area contributed by atoms with Gasteiger partial charge in [0.1, 0.15) is 0 Å². The third-order valence-electron chi connectivity index (χ3n) is 3.60. The standard InChI is InChI=1S/C10H17N3O2/c11-12-9(14)10(15)13-6-5-7-3-1-2-4-8(7)13/h7-8H,1-6,11H2,(H,12,14). The van der Waals surface area contributed by atoms with Gasteiger partial charge in [0, 0.05) is 12.6 Å². The van der Waals surface area contributed by atoms with Crippen molar-refractivity contribution >= 4 is 11.8 Å². The van der Waals surface area contributed by atoms with Gasteiger partial charge in [-0.2, -0.15) is 0 Å². The molecule has 2 aliphatic rings. The first-order valence-electron chi connectivity index (χ1n) is 5.55. The number of rotatable bonds is 0. The van der Waals surface area contributed by atoms with Gasteiger partial charge in [-0.15, -0.1) is 0 Å². The summed E-state index contributed by atoms with van der Waals surface area (Å²) >= 11 is 0. The molecule has 0 aromatic heterocycles. The Morgan fingerprint density at radius 1 is 1.20 bits per heavy atom. The maximum absolute atomic E-state index is 11.7. The first-order valence-corrected chi connectivity index (χ1v) is 5.55. The number of hydrogen-bond donors (Lipinski definition) is 2. The largest absolute Gasteiger partial charge is 0.331 e. The van der Waals surface area contributed by atoms with Crippen LogP contribution in [0.1, 0.15) is 32.1 Å². The number of nitrogens with two attached hydrogens (primary N) is 1. The molecule has 1 saturated heterocycles. The third kappa shape index (κ3) is 1.84. The first kappa shape index (κ1) is 10.4. The zero-order chi connectivity index (χ0) is 10.8. The number of hydrazine groups is 1. The van der Waals surface area contributed by atoms with E-state index in [-0.39, 0.29) is 6.04 Å². The maximum Gasteiger partial charge on any atom is 0.323 e. The molecule has 2 atom stereocenters. The lowest BCUT2D eigenvalue weighted by Crippen LogP contribution is -2.48. The van der Waals surface area contributed by atoms with Crippen LogP contribution < -0.4 is 11.3 Å². The molecule has 15 heavy (non-hydrogen) atoms. The van der Waals surface area contributed by atoms with Crippen molar-refractivity contribution in [2.45, 2.75) is 38.1 Å².